The number of hydrogen-bond donors (Lipinski definition) is 0. The third-order valence-electron chi connectivity index (χ3n) is 2.89. The van der Waals surface area contributed by atoms with Crippen LogP contribution in [-0.2, 0) is 0 Å². The monoisotopic (exact) mass is 317 g/mol. The van der Waals surface area contributed by atoms with E-state index in [0.717, 1.165) is 10.4 Å². The lowest BCUT2D eigenvalue weighted by Gasteiger charge is -2.04. The van der Waals surface area contributed by atoms with Gasteiger partial charge in [-0.15, -0.1) is 11.3 Å². The molecule has 0 radical (unpaired) electrons. The van der Waals surface area contributed by atoms with E-state index in [1.54, 1.807) is 41.4 Å². The number of thiophene rings is 1. The molecule has 0 amide bonds. The summed E-state index contributed by atoms with van der Waals surface area (Å²) in [5.74, 6) is -0.266. The summed E-state index contributed by atoms with van der Waals surface area (Å²) in [4.78, 5) is 4.92. The molecule has 2 aromatic heterocycles. The molecule has 3 nitrogen and oxygen atoms in total. The molecule has 21 heavy (non-hydrogen) atoms. The van der Waals surface area contributed by atoms with E-state index in [4.69, 9.17) is 0 Å². The molecule has 1 aromatic carbocycles. The van der Waals surface area contributed by atoms with Gasteiger partial charge in [-0.05, 0) is 29.0 Å². The standard InChI is InChI=1S/C15H12FN3S2/c1-17-15-19(18-8-11-6-7-20-9-11)14(10-21-15)12-4-2-3-5-13(12)16/h2-10H,1H3/b17-15?,18-8+. The summed E-state index contributed by atoms with van der Waals surface area (Å²) in [5, 5.41) is 10.3. The number of aromatic nitrogens is 1. The maximum atomic E-state index is 14.0. The van der Waals surface area contributed by atoms with Crippen molar-refractivity contribution in [2.75, 3.05) is 7.05 Å². The lowest BCUT2D eigenvalue weighted by molar-refractivity contribution is 0.629. The van der Waals surface area contributed by atoms with E-state index in [9.17, 15) is 4.39 Å². The lowest BCUT2D eigenvalue weighted by Crippen LogP contribution is -2.11. The van der Waals surface area contributed by atoms with Crippen molar-refractivity contribution in [1.82, 2.24) is 4.68 Å². The summed E-state index contributed by atoms with van der Waals surface area (Å²) in [6.07, 6.45) is 1.75. The predicted molar refractivity (Wildman–Crippen MR) is 86.5 cm³/mol. The van der Waals surface area contributed by atoms with E-state index in [2.05, 4.69) is 10.1 Å². The fraction of sp³-hybridized carbons (Fsp3) is 0.0667. The van der Waals surface area contributed by atoms with Crippen molar-refractivity contribution >= 4 is 28.9 Å². The van der Waals surface area contributed by atoms with Crippen LogP contribution in [0.2, 0.25) is 0 Å². The van der Waals surface area contributed by atoms with Crippen molar-refractivity contribution in [1.29, 1.82) is 0 Å². The van der Waals surface area contributed by atoms with Crippen molar-refractivity contribution in [2.24, 2.45) is 10.1 Å². The Labute approximate surface area is 129 Å². The van der Waals surface area contributed by atoms with Crippen molar-refractivity contribution in [3.8, 4) is 11.3 Å². The zero-order valence-corrected chi connectivity index (χ0v) is 12.9. The molecule has 0 unspecified atom stereocenters. The molecule has 0 N–H and O–H groups in total. The highest BCUT2D eigenvalue weighted by atomic mass is 32.1. The molecule has 3 rings (SSSR count). The van der Waals surface area contributed by atoms with Crippen LogP contribution in [0.1, 0.15) is 5.56 Å². The molecular formula is C15H12FN3S2. The number of rotatable bonds is 3. The van der Waals surface area contributed by atoms with Gasteiger partial charge in [0.2, 0.25) is 4.80 Å². The maximum absolute atomic E-state index is 14.0. The van der Waals surface area contributed by atoms with E-state index in [1.165, 1.54) is 17.4 Å². The Hall–Kier alpha value is -2.05. The van der Waals surface area contributed by atoms with Crippen LogP contribution in [0.25, 0.3) is 11.3 Å². The van der Waals surface area contributed by atoms with Gasteiger partial charge in [0, 0.05) is 23.6 Å². The molecule has 106 valence electrons. The summed E-state index contributed by atoms with van der Waals surface area (Å²) in [7, 11) is 1.70. The first-order valence-corrected chi connectivity index (χ1v) is 8.06. The van der Waals surface area contributed by atoms with Crippen molar-refractivity contribution in [2.45, 2.75) is 0 Å². The normalized spacial score (nSPS) is 12.4. The Morgan fingerprint density at radius 3 is 2.76 bits per heavy atom. The van der Waals surface area contributed by atoms with E-state index in [0.29, 0.717) is 11.3 Å². The average Bonchev–Trinajstić information content (AvgIpc) is 3.14. The number of benzene rings is 1. The van der Waals surface area contributed by atoms with Gasteiger partial charge in [0.15, 0.2) is 0 Å². The van der Waals surface area contributed by atoms with E-state index >= 15 is 0 Å². The molecule has 0 spiro atoms. The highest BCUT2D eigenvalue weighted by Gasteiger charge is 2.10. The molecule has 6 heteroatoms. The number of nitrogens with zero attached hydrogens (tertiary/aromatic N) is 3. The minimum atomic E-state index is -0.266. The van der Waals surface area contributed by atoms with Crippen LogP contribution in [0.3, 0.4) is 0 Å². The van der Waals surface area contributed by atoms with E-state index in [1.807, 2.05) is 28.3 Å². The van der Waals surface area contributed by atoms with Gasteiger partial charge < -0.3 is 0 Å². The van der Waals surface area contributed by atoms with Crippen LogP contribution in [0.15, 0.2) is 56.6 Å². The molecule has 0 bridgehead atoms. The summed E-state index contributed by atoms with van der Waals surface area (Å²) >= 11 is 3.04. The zero-order chi connectivity index (χ0) is 14.7. The first-order chi connectivity index (χ1) is 10.3. The fourth-order valence-corrected chi connectivity index (χ4v) is 3.30. The van der Waals surface area contributed by atoms with Crippen LogP contribution in [0, 0.1) is 5.82 Å². The van der Waals surface area contributed by atoms with Gasteiger partial charge in [-0.3, -0.25) is 4.99 Å². The molecule has 3 aromatic rings. The van der Waals surface area contributed by atoms with Crippen molar-refractivity contribution < 1.29 is 4.39 Å². The quantitative estimate of drug-likeness (QED) is 0.657. The van der Waals surface area contributed by atoms with Gasteiger partial charge in [0.1, 0.15) is 5.82 Å². The van der Waals surface area contributed by atoms with Crippen LogP contribution in [-0.4, -0.2) is 17.9 Å². The minimum absolute atomic E-state index is 0.266. The smallest absolute Gasteiger partial charge is 0.205 e. The third kappa shape index (κ3) is 2.86. The second kappa shape index (κ2) is 6.15. The van der Waals surface area contributed by atoms with Gasteiger partial charge in [-0.25, -0.2) is 9.07 Å². The Morgan fingerprint density at radius 1 is 1.19 bits per heavy atom. The summed E-state index contributed by atoms with van der Waals surface area (Å²) in [6.45, 7) is 0. The first-order valence-electron chi connectivity index (χ1n) is 6.24. The Bertz CT molecular complexity index is 829. The lowest BCUT2D eigenvalue weighted by atomic mass is 10.1. The maximum Gasteiger partial charge on any atom is 0.205 e. The number of hydrogen-bond acceptors (Lipinski definition) is 4. The van der Waals surface area contributed by atoms with Crippen LogP contribution >= 0.6 is 22.7 Å². The highest BCUT2D eigenvalue weighted by Crippen LogP contribution is 2.23. The second-order valence-corrected chi connectivity index (χ2v) is 5.84. The second-order valence-electron chi connectivity index (χ2n) is 4.22. The van der Waals surface area contributed by atoms with Gasteiger partial charge in [-0.1, -0.05) is 12.1 Å². The first kappa shape index (κ1) is 13.9. The molecular weight excluding hydrogens is 305 g/mol. The van der Waals surface area contributed by atoms with Crippen LogP contribution < -0.4 is 4.80 Å². The van der Waals surface area contributed by atoms with E-state index < -0.39 is 0 Å². The molecule has 0 fully saturated rings. The summed E-state index contributed by atoms with van der Waals surface area (Å²) < 4.78 is 15.7. The van der Waals surface area contributed by atoms with Gasteiger partial charge >= 0.3 is 0 Å². The van der Waals surface area contributed by atoms with Crippen molar-refractivity contribution in [3.05, 3.63) is 62.7 Å². The fourth-order valence-electron chi connectivity index (χ4n) is 1.89. The Morgan fingerprint density at radius 2 is 2.05 bits per heavy atom. The minimum Gasteiger partial charge on any atom is -0.261 e. The van der Waals surface area contributed by atoms with Crippen molar-refractivity contribution in [3.63, 3.8) is 0 Å². The molecule has 0 saturated carbocycles. The Kier molecular flexibility index (Phi) is 4.08. The molecule has 2 heterocycles. The van der Waals surface area contributed by atoms with Crippen LogP contribution in [0.5, 0.6) is 0 Å². The van der Waals surface area contributed by atoms with Gasteiger partial charge in [0.05, 0.1) is 11.9 Å². The molecule has 0 aliphatic rings. The summed E-state index contributed by atoms with van der Waals surface area (Å²) in [6, 6.07) is 8.66. The highest BCUT2D eigenvalue weighted by molar-refractivity contribution is 7.08. The topological polar surface area (TPSA) is 29.6 Å². The Balaban J connectivity index is 2.11. The number of thiazole rings is 1. The van der Waals surface area contributed by atoms with Gasteiger partial charge in [0.25, 0.3) is 0 Å². The third-order valence-corrected chi connectivity index (χ3v) is 4.50. The zero-order valence-electron chi connectivity index (χ0n) is 11.2. The average molecular weight is 317 g/mol. The largest absolute Gasteiger partial charge is 0.261 e. The predicted octanol–water partition coefficient (Wildman–Crippen LogP) is 3.83. The molecule has 0 saturated heterocycles. The van der Waals surface area contributed by atoms with Crippen LogP contribution in [0.4, 0.5) is 4.39 Å². The van der Waals surface area contributed by atoms with E-state index in [-0.39, 0.29) is 5.82 Å². The molecule has 0 aliphatic heterocycles. The SMILES string of the molecule is CN=c1scc(-c2ccccc2F)n1/N=C/c1ccsc1. The molecule has 0 atom stereocenters. The van der Waals surface area contributed by atoms with Gasteiger partial charge in [-0.2, -0.15) is 16.4 Å². The number of halogens is 1. The summed E-state index contributed by atoms with van der Waals surface area (Å²) in [5.41, 5.74) is 2.23. The molecule has 0 aliphatic carbocycles.